The molecule has 0 saturated carbocycles. The summed E-state index contributed by atoms with van der Waals surface area (Å²) in [7, 11) is 0. The molecule has 2 heterocycles. The fourth-order valence-corrected chi connectivity index (χ4v) is 2.69. The van der Waals surface area contributed by atoms with Crippen LogP contribution in [0.4, 0.5) is 0 Å². The van der Waals surface area contributed by atoms with Crippen molar-refractivity contribution < 1.29 is 19.2 Å². The van der Waals surface area contributed by atoms with Crippen LogP contribution in [0.3, 0.4) is 0 Å². The maximum absolute atomic E-state index is 12.4. The molecule has 8 heteroatoms. The first-order valence-electron chi connectivity index (χ1n) is 7.76. The summed E-state index contributed by atoms with van der Waals surface area (Å²) in [5, 5.41) is 8.08. The predicted molar refractivity (Wildman–Crippen MR) is 87.9 cm³/mol. The van der Waals surface area contributed by atoms with Gasteiger partial charge in [0, 0.05) is 6.20 Å². The summed E-state index contributed by atoms with van der Waals surface area (Å²) >= 11 is 0. The van der Waals surface area contributed by atoms with Crippen molar-refractivity contribution >= 4 is 17.8 Å². The fraction of sp³-hybridized carbons (Fsp3) is 0.0556. The van der Waals surface area contributed by atoms with E-state index in [1.54, 1.807) is 47.4 Å². The molecule has 0 saturated heterocycles. The number of amides is 2. The third-order valence-electron chi connectivity index (χ3n) is 3.91. The van der Waals surface area contributed by atoms with Gasteiger partial charge in [0.1, 0.15) is 0 Å². The second-order valence-electron chi connectivity index (χ2n) is 5.63. The van der Waals surface area contributed by atoms with Gasteiger partial charge in [-0.1, -0.05) is 34.5 Å². The quantitative estimate of drug-likeness (QED) is 0.666. The highest BCUT2D eigenvalue weighted by Crippen LogP contribution is 2.23. The summed E-state index contributed by atoms with van der Waals surface area (Å²) < 4.78 is 1.61. The summed E-state index contributed by atoms with van der Waals surface area (Å²) in [5.74, 6) is -2.10. The number of rotatable bonds is 4. The van der Waals surface area contributed by atoms with Gasteiger partial charge < -0.3 is 4.84 Å². The molecule has 2 aromatic carbocycles. The number of carbonyl (C=O) groups is 3. The molecule has 0 radical (unpaired) electrons. The maximum atomic E-state index is 12.4. The predicted octanol–water partition coefficient (Wildman–Crippen LogP) is 1.69. The number of nitrogens with zero attached hydrogens (tertiary/aromatic N) is 4. The summed E-state index contributed by atoms with van der Waals surface area (Å²) in [4.78, 5) is 42.0. The van der Waals surface area contributed by atoms with Crippen molar-refractivity contribution in [3.05, 3.63) is 83.2 Å². The molecule has 4 rings (SSSR count). The Morgan fingerprint density at radius 1 is 1.00 bits per heavy atom. The third kappa shape index (κ3) is 2.73. The van der Waals surface area contributed by atoms with Crippen LogP contribution in [0.25, 0.3) is 0 Å². The Labute approximate surface area is 147 Å². The maximum Gasteiger partial charge on any atom is 0.363 e. The van der Waals surface area contributed by atoms with Gasteiger partial charge in [-0.2, -0.15) is 0 Å². The monoisotopic (exact) mass is 348 g/mol. The standard InChI is InChI=1S/C18H12N4O4/c23-16-14-6-1-2-7-15(14)17(24)22(16)26-18(25)13-5-3-4-12(10-13)11-21-9-8-19-20-21/h1-10H,11H2. The van der Waals surface area contributed by atoms with Gasteiger partial charge in [0.25, 0.3) is 11.8 Å². The van der Waals surface area contributed by atoms with Crippen LogP contribution in [0.5, 0.6) is 0 Å². The second-order valence-corrected chi connectivity index (χ2v) is 5.63. The van der Waals surface area contributed by atoms with Crippen molar-refractivity contribution in [2.75, 3.05) is 0 Å². The number of benzene rings is 2. The lowest BCUT2D eigenvalue weighted by Crippen LogP contribution is -2.32. The first-order chi connectivity index (χ1) is 12.6. The molecule has 0 bridgehead atoms. The van der Waals surface area contributed by atoms with Gasteiger partial charge in [-0.25, -0.2) is 9.48 Å². The molecule has 0 atom stereocenters. The molecule has 128 valence electrons. The summed E-state index contributed by atoms with van der Waals surface area (Å²) in [6.45, 7) is 0.425. The molecule has 0 N–H and O–H groups in total. The Kier molecular flexibility index (Phi) is 3.77. The van der Waals surface area contributed by atoms with E-state index in [9.17, 15) is 14.4 Å². The Morgan fingerprint density at radius 2 is 1.73 bits per heavy atom. The van der Waals surface area contributed by atoms with Crippen molar-refractivity contribution in [1.29, 1.82) is 0 Å². The van der Waals surface area contributed by atoms with Gasteiger partial charge in [-0.3, -0.25) is 9.59 Å². The lowest BCUT2D eigenvalue weighted by molar-refractivity contribution is -0.0584. The van der Waals surface area contributed by atoms with Crippen LogP contribution in [-0.4, -0.2) is 37.8 Å². The van der Waals surface area contributed by atoms with Crippen LogP contribution >= 0.6 is 0 Å². The van der Waals surface area contributed by atoms with E-state index in [0.29, 0.717) is 11.6 Å². The number of hydrogen-bond acceptors (Lipinski definition) is 6. The van der Waals surface area contributed by atoms with E-state index in [1.165, 1.54) is 12.1 Å². The van der Waals surface area contributed by atoms with Gasteiger partial charge in [-0.15, -0.1) is 5.10 Å². The molecule has 26 heavy (non-hydrogen) atoms. The van der Waals surface area contributed by atoms with Crippen molar-refractivity contribution in [2.24, 2.45) is 0 Å². The minimum Gasteiger partial charge on any atom is -0.324 e. The average molecular weight is 348 g/mol. The lowest BCUT2D eigenvalue weighted by atomic mass is 10.1. The van der Waals surface area contributed by atoms with Crippen LogP contribution in [0, 0.1) is 0 Å². The van der Waals surface area contributed by atoms with Crippen LogP contribution in [0.2, 0.25) is 0 Å². The lowest BCUT2D eigenvalue weighted by Gasteiger charge is -2.13. The molecule has 0 spiro atoms. The van der Waals surface area contributed by atoms with Gasteiger partial charge >= 0.3 is 5.97 Å². The van der Waals surface area contributed by atoms with E-state index in [-0.39, 0.29) is 16.7 Å². The number of hydroxylamine groups is 2. The van der Waals surface area contributed by atoms with E-state index in [0.717, 1.165) is 5.56 Å². The molecule has 8 nitrogen and oxygen atoms in total. The van der Waals surface area contributed by atoms with Crippen LogP contribution in [0.1, 0.15) is 36.6 Å². The molecular formula is C18H12N4O4. The van der Waals surface area contributed by atoms with E-state index < -0.39 is 17.8 Å². The highest BCUT2D eigenvalue weighted by atomic mass is 16.7. The Bertz CT molecular complexity index is 979. The highest BCUT2D eigenvalue weighted by molar-refractivity contribution is 6.21. The van der Waals surface area contributed by atoms with Crippen molar-refractivity contribution in [3.63, 3.8) is 0 Å². The van der Waals surface area contributed by atoms with Gasteiger partial charge in [-0.05, 0) is 29.8 Å². The Hall–Kier alpha value is -3.81. The number of fused-ring (bicyclic) bond motifs is 1. The zero-order valence-corrected chi connectivity index (χ0v) is 13.4. The van der Waals surface area contributed by atoms with Crippen LogP contribution < -0.4 is 0 Å². The topological polar surface area (TPSA) is 94.4 Å². The largest absolute Gasteiger partial charge is 0.363 e. The molecule has 1 aromatic heterocycles. The second kappa shape index (κ2) is 6.25. The van der Waals surface area contributed by atoms with Crippen molar-refractivity contribution in [3.8, 4) is 0 Å². The van der Waals surface area contributed by atoms with Gasteiger partial charge in [0.05, 0.1) is 29.4 Å². The van der Waals surface area contributed by atoms with E-state index in [4.69, 9.17) is 4.84 Å². The molecule has 0 aliphatic carbocycles. The summed E-state index contributed by atoms with van der Waals surface area (Å²) in [6.07, 6.45) is 3.25. The van der Waals surface area contributed by atoms with Crippen LogP contribution in [-0.2, 0) is 11.4 Å². The summed E-state index contributed by atoms with van der Waals surface area (Å²) in [5.41, 5.74) is 1.45. The van der Waals surface area contributed by atoms with E-state index in [2.05, 4.69) is 10.3 Å². The SMILES string of the molecule is O=C(ON1C(=O)c2ccccc2C1=O)c1cccc(Cn2ccnn2)c1. The van der Waals surface area contributed by atoms with Crippen molar-refractivity contribution in [1.82, 2.24) is 20.1 Å². The van der Waals surface area contributed by atoms with Gasteiger partial charge in [0.15, 0.2) is 0 Å². The molecule has 3 aromatic rings. The number of imide groups is 1. The van der Waals surface area contributed by atoms with Crippen LogP contribution in [0.15, 0.2) is 60.9 Å². The van der Waals surface area contributed by atoms with E-state index >= 15 is 0 Å². The highest BCUT2D eigenvalue weighted by Gasteiger charge is 2.38. The van der Waals surface area contributed by atoms with E-state index in [1.807, 2.05) is 6.07 Å². The average Bonchev–Trinajstić information content (AvgIpc) is 3.25. The zero-order chi connectivity index (χ0) is 18.1. The van der Waals surface area contributed by atoms with Gasteiger partial charge in [0.2, 0.25) is 0 Å². The Morgan fingerprint density at radius 3 is 2.38 bits per heavy atom. The Balaban J connectivity index is 1.52. The normalized spacial score (nSPS) is 13.0. The molecule has 0 fully saturated rings. The molecule has 2 amide bonds. The minimum absolute atomic E-state index is 0.213. The molecule has 1 aliphatic rings. The number of aromatic nitrogens is 3. The molecular weight excluding hydrogens is 336 g/mol. The number of carbonyl (C=O) groups excluding carboxylic acids is 3. The summed E-state index contributed by atoms with van der Waals surface area (Å²) in [6, 6.07) is 13.0. The number of hydrogen-bond donors (Lipinski definition) is 0. The first kappa shape index (κ1) is 15.7. The third-order valence-corrected chi connectivity index (χ3v) is 3.91. The molecule has 0 unspecified atom stereocenters. The first-order valence-corrected chi connectivity index (χ1v) is 7.76. The zero-order valence-electron chi connectivity index (χ0n) is 13.4. The minimum atomic E-state index is -0.792. The fourth-order valence-electron chi connectivity index (χ4n) is 2.69. The van der Waals surface area contributed by atoms with Crippen molar-refractivity contribution in [2.45, 2.75) is 6.54 Å². The smallest absolute Gasteiger partial charge is 0.324 e. The molecule has 1 aliphatic heterocycles.